The predicted octanol–water partition coefficient (Wildman–Crippen LogP) is 5.47. The van der Waals surface area contributed by atoms with E-state index in [1.165, 1.54) is 38.5 Å². The maximum Gasteiger partial charge on any atom is 0.309 e. The number of halogens is 1. The molecule has 2 fully saturated rings. The number of unbranched alkanes of at least 4 members (excludes halogenated alkanes) is 2. The average molecular weight is 315 g/mol. The molecular weight excluding hydrogens is 284 g/mol. The molecule has 2 nitrogen and oxygen atoms in total. The summed E-state index contributed by atoms with van der Waals surface area (Å²) in [5.41, 5.74) is 0. The van der Waals surface area contributed by atoms with Crippen LogP contribution in [0.15, 0.2) is 0 Å². The zero-order chi connectivity index (χ0) is 15.1. The van der Waals surface area contributed by atoms with Crippen molar-refractivity contribution in [1.82, 2.24) is 0 Å². The van der Waals surface area contributed by atoms with Crippen LogP contribution in [0.3, 0.4) is 0 Å². The summed E-state index contributed by atoms with van der Waals surface area (Å²) in [5, 5.41) is 0.290. The quantitative estimate of drug-likeness (QED) is 0.369. The van der Waals surface area contributed by atoms with E-state index in [1.807, 2.05) is 0 Å². The van der Waals surface area contributed by atoms with E-state index < -0.39 is 0 Å². The number of hydrogen-bond donors (Lipinski definition) is 0. The van der Waals surface area contributed by atoms with E-state index in [1.54, 1.807) is 0 Å². The average Bonchev–Trinajstić information content (AvgIpc) is 2.50. The fraction of sp³-hybridized carbons (Fsp3) is 0.944. The Labute approximate surface area is 135 Å². The molecule has 2 saturated carbocycles. The van der Waals surface area contributed by atoms with Gasteiger partial charge in [-0.15, -0.1) is 11.6 Å². The minimum Gasteiger partial charge on any atom is -0.462 e. The summed E-state index contributed by atoms with van der Waals surface area (Å²) in [4.78, 5) is 12.3. The van der Waals surface area contributed by atoms with Gasteiger partial charge in [-0.3, -0.25) is 4.79 Å². The van der Waals surface area contributed by atoms with Crippen molar-refractivity contribution in [3.63, 3.8) is 0 Å². The highest BCUT2D eigenvalue weighted by Gasteiger charge is 2.30. The zero-order valence-corrected chi connectivity index (χ0v) is 14.2. The minimum atomic E-state index is 0.0695. The molecule has 122 valence electrons. The predicted molar refractivity (Wildman–Crippen MR) is 87.6 cm³/mol. The first-order valence-corrected chi connectivity index (χ1v) is 9.47. The van der Waals surface area contributed by atoms with Gasteiger partial charge in [0.25, 0.3) is 0 Å². The molecule has 0 radical (unpaired) electrons. The molecule has 0 amide bonds. The van der Waals surface area contributed by atoms with Crippen molar-refractivity contribution in [3.8, 4) is 0 Å². The van der Waals surface area contributed by atoms with Gasteiger partial charge in [0, 0.05) is 5.38 Å². The molecule has 0 N–H and O–H groups in total. The fourth-order valence-electron chi connectivity index (χ4n) is 3.77. The maximum atomic E-state index is 12.3. The molecule has 2 rings (SSSR count). The molecule has 2 aliphatic carbocycles. The second-order valence-corrected chi connectivity index (χ2v) is 7.64. The lowest BCUT2D eigenvalue weighted by Crippen LogP contribution is -2.30. The summed E-state index contributed by atoms with van der Waals surface area (Å²) in [7, 11) is 0. The van der Waals surface area contributed by atoms with E-state index in [9.17, 15) is 4.79 Å². The second kappa shape index (κ2) is 9.02. The number of rotatable bonds is 6. The molecule has 0 saturated heterocycles. The van der Waals surface area contributed by atoms with Gasteiger partial charge in [0.15, 0.2) is 0 Å². The lowest BCUT2D eigenvalue weighted by atomic mass is 9.79. The Hall–Kier alpha value is -0.240. The molecule has 0 bridgehead atoms. The Kier molecular flexibility index (Phi) is 7.36. The number of esters is 1. The largest absolute Gasteiger partial charge is 0.462 e. The normalized spacial score (nSPS) is 33.6. The summed E-state index contributed by atoms with van der Waals surface area (Å²) < 4.78 is 5.72. The summed E-state index contributed by atoms with van der Waals surface area (Å²) in [5.74, 6) is 1.09. The van der Waals surface area contributed by atoms with Gasteiger partial charge in [0.2, 0.25) is 0 Å². The molecule has 0 unspecified atom stereocenters. The summed E-state index contributed by atoms with van der Waals surface area (Å²) in [6.45, 7) is 2.25. The van der Waals surface area contributed by atoms with Crippen LogP contribution in [-0.4, -0.2) is 17.5 Å². The Bertz CT molecular complexity index is 302. The fourth-order valence-corrected chi connectivity index (χ4v) is 4.02. The van der Waals surface area contributed by atoms with E-state index in [0.29, 0.717) is 5.38 Å². The highest BCUT2D eigenvalue weighted by atomic mass is 35.5. The number of carbonyl (C=O) groups is 1. The van der Waals surface area contributed by atoms with Gasteiger partial charge in [-0.2, -0.15) is 0 Å². The van der Waals surface area contributed by atoms with Crippen molar-refractivity contribution in [2.45, 2.75) is 95.5 Å². The molecule has 0 atom stereocenters. The monoisotopic (exact) mass is 314 g/mol. The van der Waals surface area contributed by atoms with Crippen molar-refractivity contribution < 1.29 is 9.53 Å². The molecule has 2 aliphatic rings. The smallest absolute Gasteiger partial charge is 0.309 e. The highest BCUT2D eigenvalue weighted by Crippen LogP contribution is 2.34. The Morgan fingerprint density at radius 1 is 1.00 bits per heavy atom. The molecule has 0 aromatic carbocycles. The van der Waals surface area contributed by atoms with E-state index in [4.69, 9.17) is 16.3 Å². The van der Waals surface area contributed by atoms with E-state index in [2.05, 4.69) is 6.92 Å². The van der Waals surface area contributed by atoms with Crippen molar-refractivity contribution in [2.75, 3.05) is 0 Å². The van der Waals surface area contributed by atoms with Gasteiger partial charge in [-0.05, 0) is 57.3 Å². The molecular formula is C18H31ClO2. The topological polar surface area (TPSA) is 26.3 Å². The van der Waals surface area contributed by atoms with Crippen molar-refractivity contribution >= 4 is 17.6 Å². The van der Waals surface area contributed by atoms with Crippen molar-refractivity contribution in [3.05, 3.63) is 0 Å². The van der Waals surface area contributed by atoms with Gasteiger partial charge < -0.3 is 4.74 Å². The summed E-state index contributed by atoms with van der Waals surface area (Å²) in [6.07, 6.45) is 13.9. The van der Waals surface area contributed by atoms with Crippen molar-refractivity contribution in [1.29, 1.82) is 0 Å². The molecule has 0 aromatic rings. The van der Waals surface area contributed by atoms with Gasteiger partial charge in [0.05, 0.1) is 5.92 Å². The Balaban J connectivity index is 1.63. The molecule has 0 heterocycles. The van der Waals surface area contributed by atoms with Gasteiger partial charge in [0.1, 0.15) is 6.10 Å². The summed E-state index contributed by atoms with van der Waals surface area (Å²) in [6, 6.07) is 0. The van der Waals surface area contributed by atoms with Gasteiger partial charge >= 0.3 is 5.97 Å². The lowest BCUT2D eigenvalue weighted by molar-refractivity contribution is -0.157. The van der Waals surface area contributed by atoms with Crippen LogP contribution >= 0.6 is 11.6 Å². The first-order chi connectivity index (χ1) is 10.2. The first-order valence-electron chi connectivity index (χ1n) is 9.03. The van der Waals surface area contributed by atoms with Gasteiger partial charge in [-0.25, -0.2) is 0 Å². The molecule has 0 spiro atoms. The van der Waals surface area contributed by atoms with Crippen LogP contribution in [-0.2, 0) is 9.53 Å². The van der Waals surface area contributed by atoms with Crippen LogP contribution in [0.4, 0.5) is 0 Å². The SMILES string of the molecule is CCCCCC1CCC(C(=O)OC2CCC(Cl)CC2)CC1. The van der Waals surface area contributed by atoms with Crippen LogP contribution in [0.5, 0.6) is 0 Å². The van der Waals surface area contributed by atoms with E-state index in [0.717, 1.165) is 44.4 Å². The molecule has 3 heteroatoms. The maximum absolute atomic E-state index is 12.3. The third-order valence-corrected chi connectivity index (χ3v) is 5.72. The van der Waals surface area contributed by atoms with Crippen LogP contribution in [0, 0.1) is 11.8 Å². The zero-order valence-electron chi connectivity index (χ0n) is 13.5. The highest BCUT2D eigenvalue weighted by molar-refractivity contribution is 6.20. The number of alkyl halides is 1. The number of carbonyl (C=O) groups excluding carboxylic acids is 1. The Morgan fingerprint density at radius 3 is 2.29 bits per heavy atom. The number of hydrogen-bond acceptors (Lipinski definition) is 2. The van der Waals surface area contributed by atoms with Crippen LogP contribution in [0.25, 0.3) is 0 Å². The molecule has 21 heavy (non-hydrogen) atoms. The van der Waals surface area contributed by atoms with E-state index >= 15 is 0 Å². The third kappa shape index (κ3) is 5.81. The van der Waals surface area contributed by atoms with Crippen LogP contribution < -0.4 is 0 Å². The second-order valence-electron chi connectivity index (χ2n) is 7.02. The van der Waals surface area contributed by atoms with E-state index in [-0.39, 0.29) is 18.0 Å². The third-order valence-electron chi connectivity index (χ3n) is 5.28. The molecule has 0 aromatic heterocycles. The Morgan fingerprint density at radius 2 is 1.67 bits per heavy atom. The first kappa shape index (κ1) is 17.1. The minimum absolute atomic E-state index is 0.0695. The van der Waals surface area contributed by atoms with Crippen molar-refractivity contribution in [2.24, 2.45) is 11.8 Å². The number of ether oxygens (including phenoxy) is 1. The van der Waals surface area contributed by atoms with Gasteiger partial charge in [-0.1, -0.05) is 32.6 Å². The summed E-state index contributed by atoms with van der Waals surface area (Å²) >= 11 is 6.09. The molecule has 0 aliphatic heterocycles. The van der Waals surface area contributed by atoms with Crippen LogP contribution in [0.2, 0.25) is 0 Å². The lowest BCUT2D eigenvalue weighted by Gasteiger charge is -2.30. The standard InChI is InChI=1S/C18H31ClO2/c1-2-3-4-5-14-6-8-15(9-7-14)18(20)21-17-12-10-16(19)11-13-17/h14-17H,2-13H2,1H3. The van der Waals surface area contributed by atoms with Crippen LogP contribution in [0.1, 0.15) is 84.0 Å².